The summed E-state index contributed by atoms with van der Waals surface area (Å²) in [4.78, 5) is 0. The highest BCUT2D eigenvalue weighted by molar-refractivity contribution is 5.26. The first-order valence-electron chi connectivity index (χ1n) is 6.34. The van der Waals surface area contributed by atoms with E-state index in [2.05, 4.69) is 43.1 Å². The number of rotatable bonds is 9. The molecule has 0 aliphatic carbocycles. The number of benzene rings is 1. The van der Waals surface area contributed by atoms with E-state index in [0.29, 0.717) is 6.61 Å². The SMILES string of the molecule is C=CCCOCc1ccccc1CNCCC. The Labute approximate surface area is 105 Å². The molecule has 0 radical (unpaired) electrons. The highest BCUT2D eigenvalue weighted by atomic mass is 16.5. The summed E-state index contributed by atoms with van der Waals surface area (Å²) >= 11 is 0. The third kappa shape index (κ3) is 5.66. The lowest BCUT2D eigenvalue weighted by Gasteiger charge is -2.10. The van der Waals surface area contributed by atoms with E-state index in [1.807, 2.05) is 6.08 Å². The molecule has 1 aromatic carbocycles. The lowest BCUT2D eigenvalue weighted by Crippen LogP contribution is -2.15. The summed E-state index contributed by atoms with van der Waals surface area (Å²) < 4.78 is 5.61. The van der Waals surface area contributed by atoms with Crippen molar-refractivity contribution in [3.63, 3.8) is 0 Å². The molecule has 1 rings (SSSR count). The second-order valence-corrected chi connectivity index (χ2v) is 4.08. The number of hydrogen-bond donors (Lipinski definition) is 1. The monoisotopic (exact) mass is 233 g/mol. The maximum atomic E-state index is 5.61. The van der Waals surface area contributed by atoms with E-state index in [0.717, 1.165) is 32.5 Å². The summed E-state index contributed by atoms with van der Waals surface area (Å²) in [5.41, 5.74) is 2.61. The van der Waals surface area contributed by atoms with Gasteiger partial charge in [0.1, 0.15) is 0 Å². The number of ether oxygens (including phenoxy) is 1. The van der Waals surface area contributed by atoms with Gasteiger partial charge in [0, 0.05) is 6.54 Å². The van der Waals surface area contributed by atoms with Crippen LogP contribution in [0.3, 0.4) is 0 Å². The Morgan fingerprint density at radius 1 is 1.29 bits per heavy atom. The predicted molar refractivity (Wildman–Crippen MR) is 72.9 cm³/mol. The van der Waals surface area contributed by atoms with Gasteiger partial charge in [-0.05, 0) is 30.5 Å². The topological polar surface area (TPSA) is 21.3 Å². The lowest BCUT2D eigenvalue weighted by molar-refractivity contribution is 0.124. The van der Waals surface area contributed by atoms with Crippen LogP contribution in [0.4, 0.5) is 0 Å². The first-order valence-corrected chi connectivity index (χ1v) is 6.34. The summed E-state index contributed by atoms with van der Waals surface area (Å²) in [5.74, 6) is 0. The number of hydrogen-bond acceptors (Lipinski definition) is 2. The van der Waals surface area contributed by atoms with Crippen molar-refractivity contribution in [2.45, 2.75) is 32.9 Å². The molecule has 0 aliphatic heterocycles. The minimum Gasteiger partial charge on any atom is -0.376 e. The van der Waals surface area contributed by atoms with Gasteiger partial charge in [-0.1, -0.05) is 37.3 Å². The zero-order valence-electron chi connectivity index (χ0n) is 10.7. The van der Waals surface area contributed by atoms with Crippen molar-refractivity contribution in [1.29, 1.82) is 0 Å². The van der Waals surface area contributed by atoms with E-state index < -0.39 is 0 Å². The standard InChI is InChI=1S/C15H23NO/c1-3-5-11-17-13-15-9-7-6-8-14(15)12-16-10-4-2/h3,6-9,16H,1,4-5,10-13H2,2H3. The second kappa shape index (κ2) is 8.97. The van der Waals surface area contributed by atoms with Crippen LogP contribution in [0.1, 0.15) is 30.9 Å². The van der Waals surface area contributed by atoms with Crippen molar-refractivity contribution >= 4 is 0 Å². The predicted octanol–water partition coefficient (Wildman–Crippen LogP) is 3.28. The fourth-order valence-electron chi connectivity index (χ4n) is 1.62. The third-order valence-corrected chi connectivity index (χ3v) is 2.58. The number of nitrogens with one attached hydrogen (secondary N) is 1. The fraction of sp³-hybridized carbons (Fsp3) is 0.467. The molecule has 0 bridgehead atoms. The Balaban J connectivity index is 2.42. The van der Waals surface area contributed by atoms with Gasteiger partial charge in [0.25, 0.3) is 0 Å². The van der Waals surface area contributed by atoms with Crippen LogP contribution in [0.2, 0.25) is 0 Å². The van der Waals surface area contributed by atoms with Crippen molar-refractivity contribution in [2.24, 2.45) is 0 Å². The summed E-state index contributed by atoms with van der Waals surface area (Å²) in [6.45, 7) is 9.29. The van der Waals surface area contributed by atoms with E-state index in [4.69, 9.17) is 4.74 Å². The normalized spacial score (nSPS) is 10.4. The van der Waals surface area contributed by atoms with Gasteiger partial charge in [-0.3, -0.25) is 0 Å². The average molecular weight is 233 g/mol. The van der Waals surface area contributed by atoms with Gasteiger partial charge in [0.05, 0.1) is 13.2 Å². The third-order valence-electron chi connectivity index (χ3n) is 2.58. The molecular weight excluding hydrogens is 210 g/mol. The largest absolute Gasteiger partial charge is 0.376 e. The molecule has 1 N–H and O–H groups in total. The Bertz CT molecular complexity index is 322. The van der Waals surface area contributed by atoms with E-state index in [1.54, 1.807) is 0 Å². The van der Waals surface area contributed by atoms with Crippen LogP contribution in [0.25, 0.3) is 0 Å². The molecule has 1 aromatic rings. The maximum Gasteiger partial charge on any atom is 0.0720 e. The Kier molecular flexibility index (Phi) is 7.35. The minimum atomic E-state index is 0.692. The highest BCUT2D eigenvalue weighted by Crippen LogP contribution is 2.10. The molecule has 0 saturated carbocycles. The van der Waals surface area contributed by atoms with Gasteiger partial charge in [0.15, 0.2) is 0 Å². The van der Waals surface area contributed by atoms with Crippen LogP contribution in [0.15, 0.2) is 36.9 Å². The van der Waals surface area contributed by atoms with Gasteiger partial charge in [0.2, 0.25) is 0 Å². The molecule has 0 atom stereocenters. The molecule has 2 nitrogen and oxygen atoms in total. The Hall–Kier alpha value is -1.12. The molecule has 0 heterocycles. The fourth-order valence-corrected chi connectivity index (χ4v) is 1.62. The van der Waals surface area contributed by atoms with Crippen LogP contribution < -0.4 is 5.32 Å². The Morgan fingerprint density at radius 2 is 2.06 bits per heavy atom. The zero-order valence-corrected chi connectivity index (χ0v) is 10.7. The maximum absolute atomic E-state index is 5.61. The zero-order chi connectivity index (χ0) is 12.3. The molecule has 0 unspecified atom stereocenters. The van der Waals surface area contributed by atoms with Crippen molar-refractivity contribution < 1.29 is 4.74 Å². The van der Waals surface area contributed by atoms with Crippen LogP contribution in [-0.4, -0.2) is 13.2 Å². The van der Waals surface area contributed by atoms with Gasteiger partial charge in [-0.25, -0.2) is 0 Å². The van der Waals surface area contributed by atoms with Crippen LogP contribution >= 0.6 is 0 Å². The van der Waals surface area contributed by atoms with Gasteiger partial charge < -0.3 is 10.1 Å². The van der Waals surface area contributed by atoms with Gasteiger partial charge in [-0.2, -0.15) is 0 Å². The molecule has 0 saturated heterocycles. The van der Waals surface area contributed by atoms with Crippen LogP contribution in [0, 0.1) is 0 Å². The van der Waals surface area contributed by atoms with Crippen molar-refractivity contribution in [1.82, 2.24) is 5.32 Å². The smallest absolute Gasteiger partial charge is 0.0720 e. The van der Waals surface area contributed by atoms with E-state index in [-0.39, 0.29) is 0 Å². The average Bonchev–Trinajstić information content (AvgIpc) is 2.36. The second-order valence-electron chi connectivity index (χ2n) is 4.08. The summed E-state index contributed by atoms with van der Waals surface area (Å²) in [5, 5.41) is 3.42. The molecular formula is C15H23NO. The first kappa shape index (κ1) is 13.9. The lowest BCUT2D eigenvalue weighted by atomic mass is 10.1. The molecule has 0 fully saturated rings. The van der Waals surface area contributed by atoms with Crippen molar-refractivity contribution in [3.05, 3.63) is 48.0 Å². The van der Waals surface area contributed by atoms with E-state index in [9.17, 15) is 0 Å². The van der Waals surface area contributed by atoms with Crippen LogP contribution in [-0.2, 0) is 17.9 Å². The van der Waals surface area contributed by atoms with Crippen LogP contribution in [0.5, 0.6) is 0 Å². The molecule has 17 heavy (non-hydrogen) atoms. The van der Waals surface area contributed by atoms with E-state index in [1.165, 1.54) is 11.1 Å². The molecule has 0 aromatic heterocycles. The van der Waals surface area contributed by atoms with E-state index >= 15 is 0 Å². The van der Waals surface area contributed by atoms with Gasteiger partial charge in [-0.15, -0.1) is 6.58 Å². The molecule has 2 heteroatoms. The van der Waals surface area contributed by atoms with Crippen molar-refractivity contribution in [2.75, 3.05) is 13.2 Å². The highest BCUT2D eigenvalue weighted by Gasteiger charge is 2.00. The molecule has 0 aliphatic rings. The summed E-state index contributed by atoms with van der Waals surface area (Å²) in [6, 6.07) is 8.44. The Morgan fingerprint density at radius 3 is 2.76 bits per heavy atom. The minimum absolute atomic E-state index is 0.692. The summed E-state index contributed by atoms with van der Waals surface area (Å²) in [7, 11) is 0. The molecule has 0 amide bonds. The first-order chi connectivity index (χ1) is 8.38. The quantitative estimate of drug-likeness (QED) is 0.522. The molecule has 0 spiro atoms. The summed E-state index contributed by atoms with van der Waals surface area (Å²) in [6.07, 6.45) is 3.96. The van der Waals surface area contributed by atoms with Gasteiger partial charge >= 0.3 is 0 Å². The van der Waals surface area contributed by atoms with Crippen molar-refractivity contribution in [3.8, 4) is 0 Å². The molecule has 94 valence electrons.